The number of fused-ring (bicyclic) bond motifs is 1. The van der Waals surface area contributed by atoms with Crippen LogP contribution in [0.2, 0.25) is 0 Å². The molecule has 20 heavy (non-hydrogen) atoms. The molecule has 0 saturated heterocycles. The van der Waals surface area contributed by atoms with Gasteiger partial charge in [-0.05, 0) is 18.2 Å². The number of aromatic nitrogens is 2. The second-order valence-corrected chi connectivity index (χ2v) is 4.22. The van der Waals surface area contributed by atoms with Gasteiger partial charge >= 0.3 is 0 Å². The molecule has 1 aliphatic rings. The van der Waals surface area contributed by atoms with Crippen LogP contribution in [0.25, 0.3) is 0 Å². The van der Waals surface area contributed by atoms with Crippen molar-refractivity contribution in [2.24, 2.45) is 0 Å². The van der Waals surface area contributed by atoms with Crippen molar-refractivity contribution in [3.05, 3.63) is 53.4 Å². The van der Waals surface area contributed by atoms with E-state index in [1.54, 1.807) is 0 Å². The number of halogens is 2. The Bertz CT molecular complexity index is 713. The van der Waals surface area contributed by atoms with E-state index in [4.69, 9.17) is 0 Å². The molecule has 1 N–H and O–H groups in total. The zero-order valence-electron chi connectivity index (χ0n) is 9.93. The number of hydrogen-bond donors (Lipinski definition) is 1. The number of nitrogens with zero attached hydrogens (tertiary/aromatic N) is 2. The lowest BCUT2D eigenvalue weighted by molar-refractivity contribution is -0.116. The summed E-state index contributed by atoms with van der Waals surface area (Å²) in [6.07, 6.45) is 1.30. The highest BCUT2D eigenvalue weighted by Gasteiger charge is 2.39. The first-order valence-electron chi connectivity index (χ1n) is 5.70. The summed E-state index contributed by atoms with van der Waals surface area (Å²) in [5.41, 5.74) is -0.506. The Labute approximate surface area is 111 Å². The highest BCUT2D eigenvalue weighted by atomic mass is 19.1. The molecule has 100 valence electrons. The Kier molecular flexibility index (Phi) is 2.74. The Morgan fingerprint density at radius 3 is 2.50 bits per heavy atom. The van der Waals surface area contributed by atoms with Crippen molar-refractivity contribution in [1.29, 1.82) is 0 Å². The lowest BCUT2D eigenvalue weighted by Gasteiger charge is -2.22. The third kappa shape index (κ3) is 1.75. The van der Waals surface area contributed by atoms with Crippen molar-refractivity contribution in [2.45, 2.75) is 5.92 Å². The number of nitrogens with one attached hydrogen (secondary N) is 1. The maximum absolute atomic E-state index is 13.7. The summed E-state index contributed by atoms with van der Waals surface area (Å²) in [5.74, 6) is -5.07. The minimum absolute atomic E-state index is 0.111. The molecule has 0 aliphatic carbocycles. The van der Waals surface area contributed by atoms with Crippen molar-refractivity contribution in [3.8, 4) is 0 Å². The molecule has 0 spiro atoms. The predicted molar refractivity (Wildman–Crippen MR) is 64.1 cm³/mol. The molecule has 3 rings (SSSR count). The van der Waals surface area contributed by atoms with Gasteiger partial charge in [0.25, 0.3) is 0 Å². The van der Waals surface area contributed by atoms with E-state index in [0.29, 0.717) is 0 Å². The van der Waals surface area contributed by atoms with E-state index in [9.17, 15) is 18.4 Å². The predicted octanol–water partition coefficient (Wildman–Crippen LogP) is 1.67. The molecule has 0 fully saturated rings. The van der Waals surface area contributed by atoms with Gasteiger partial charge in [0.05, 0.1) is 11.9 Å². The van der Waals surface area contributed by atoms with Gasteiger partial charge in [-0.3, -0.25) is 9.59 Å². The van der Waals surface area contributed by atoms with E-state index < -0.39 is 34.8 Å². The average Bonchev–Trinajstić information content (AvgIpc) is 2.42. The van der Waals surface area contributed by atoms with Crippen molar-refractivity contribution in [3.63, 3.8) is 0 Å². The van der Waals surface area contributed by atoms with Gasteiger partial charge in [-0.2, -0.15) is 5.10 Å². The van der Waals surface area contributed by atoms with Gasteiger partial charge in [0.15, 0.2) is 5.69 Å². The van der Waals surface area contributed by atoms with Gasteiger partial charge < -0.3 is 5.32 Å². The average molecular weight is 275 g/mol. The Morgan fingerprint density at radius 2 is 1.80 bits per heavy atom. The van der Waals surface area contributed by atoms with Crippen LogP contribution in [0.5, 0.6) is 0 Å². The SMILES string of the molecule is O=C1Nc2ccnnc2C(=O)C1c1c(F)cccc1F. The van der Waals surface area contributed by atoms with E-state index in [2.05, 4.69) is 15.5 Å². The van der Waals surface area contributed by atoms with Crippen molar-refractivity contribution in [2.75, 3.05) is 5.32 Å². The molecule has 7 heteroatoms. The van der Waals surface area contributed by atoms with Crippen LogP contribution in [0.4, 0.5) is 14.5 Å². The largest absolute Gasteiger partial charge is 0.323 e. The van der Waals surface area contributed by atoms with Crippen LogP contribution in [0.15, 0.2) is 30.5 Å². The van der Waals surface area contributed by atoms with Crippen LogP contribution >= 0.6 is 0 Å². The number of Topliss-reactive ketones (excluding diaryl/α,β-unsaturated/α-hetero) is 1. The minimum atomic E-state index is -1.60. The van der Waals surface area contributed by atoms with Crippen LogP contribution in [-0.4, -0.2) is 21.9 Å². The molecule has 1 aromatic carbocycles. The van der Waals surface area contributed by atoms with Crippen LogP contribution in [0, 0.1) is 11.6 Å². The number of amides is 1. The lowest BCUT2D eigenvalue weighted by atomic mass is 9.88. The number of rotatable bonds is 1. The van der Waals surface area contributed by atoms with Gasteiger partial charge in [-0.15, -0.1) is 5.10 Å². The summed E-state index contributed by atoms with van der Waals surface area (Å²) < 4.78 is 27.5. The molecule has 0 radical (unpaired) electrons. The van der Waals surface area contributed by atoms with E-state index in [0.717, 1.165) is 18.2 Å². The summed E-state index contributed by atoms with van der Waals surface area (Å²) >= 11 is 0. The summed E-state index contributed by atoms with van der Waals surface area (Å²) in [6, 6.07) is 4.54. The van der Waals surface area contributed by atoms with E-state index in [-0.39, 0.29) is 11.4 Å². The van der Waals surface area contributed by atoms with Gasteiger partial charge in [0, 0.05) is 5.56 Å². The van der Waals surface area contributed by atoms with Crippen LogP contribution in [0.1, 0.15) is 22.0 Å². The molecular weight excluding hydrogens is 268 g/mol. The summed E-state index contributed by atoms with van der Waals surface area (Å²) in [6.45, 7) is 0. The standard InChI is InChI=1S/C13H7F2N3O2/c14-6-2-1-3-7(15)9(6)10-12(19)11-8(17-13(10)20)4-5-16-18-11/h1-5,10H,(H,17,20). The fourth-order valence-electron chi connectivity index (χ4n) is 2.12. The maximum atomic E-state index is 13.7. The lowest BCUT2D eigenvalue weighted by Crippen LogP contribution is -2.35. The van der Waals surface area contributed by atoms with Crippen LogP contribution < -0.4 is 5.32 Å². The fraction of sp³-hybridized carbons (Fsp3) is 0.0769. The Balaban J connectivity index is 2.17. The van der Waals surface area contributed by atoms with E-state index >= 15 is 0 Å². The van der Waals surface area contributed by atoms with Crippen molar-refractivity contribution >= 4 is 17.4 Å². The topological polar surface area (TPSA) is 72.0 Å². The third-order valence-electron chi connectivity index (χ3n) is 3.02. The zero-order chi connectivity index (χ0) is 14.3. The first-order chi connectivity index (χ1) is 9.59. The first-order valence-corrected chi connectivity index (χ1v) is 5.70. The van der Waals surface area contributed by atoms with Crippen LogP contribution in [0.3, 0.4) is 0 Å². The third-order valence-corrected chi connectivity index (χ3v) is 3.02. The molecule has 2 heterocycles. The minimum Gasteiger partial charge on any atom is -0.323 e. The van der Waals surface area contributed by atoms with Gasteiger partial charge in [-0.25, -0.2) is 8.78 Å². The second-order valence-electron chi connectivity index (χ2n) is 4.22. The molecule has 0 saturated carbocycles. The quantitative estimate of drug-likeness (QED) is 0.804. The molecular formula is C13H7F2N3O2. The van der Waals surface area contributed by atoms with E-state index in [1.807, 2.05) is 0 Å². The number of hydrogen-bond acceptors (Lipinski definition) is 4. The molecule has 1 aromatic heterocycles. The Hall–Kier alpha value is -2.70. The van der Waals surface area contributed by atoms with Gasteiger partial charge in [0.2, 0.25) is 11.7 Å². The normalized spacial score (nSPS) is 17.6. The van der Waals surface area contributed by atoms with E-state index in [1.165, 1.54) is 12.3 Å². The highest BCUT2D eigenvalue weighted by Crippen LogP contribution is 2.32. The molecule has 1 atom stereocenters. The summed E-state index contributed by atoms with van der Waals surface area (Å²) in [7, 11) is 0. The number of carbonyl (C=O) groups excluding carboxylic acids is 2. The van der Waals surface area contributed by atoms with Gasteiger partial charge in [0.1, 0.15) is 17.6 Å². The molecule has 1 amide bonds. The molecule has 1 unspecified atom stereocenters. The molecule has 2 aromatic rings. The molecule has 0 bridgehead atoms. The van der Waals surface area contributed by atoms with Gasteiger partial charge in [-0.1, -0.05) is 6.07 Å². The summed E-state index contributed by atoms with van der Waals surface area (Å²) in [5, 5.41) is 9.55. The van der Waals surface area contributed by atoms with Crippen molar-refractivity contribution in [1.82, 2.24) is 10.2 Å². The van der Waals surface area contributed by atoms with Crippen LogP contribution in [-0.2, 0) is 4.79 Å². The maximum Gasteiger partial charge on any atom is 0.240 e. The first kappa shape index (κ1) is 12.3. The molecule has 1 aliphatic heterocycles. The number of carbonyl (C=O) groups is 2. The number of benzene rings is 1. The number of ketones is 1. The van der Waals surface area contributed by atoms with Crippen molar-refractivity contribution < 1.29 is 18.4 Å². The monoisotopic (exact) mass is 275 g/mol. The molecule has 5 nitrogen and oxygen atoms in total. The second kappa shape index (κ2) is 4.44. The number of anilines is 1. The highest BCUT2D eigenvalue weighted by molar-refractivity contribution is 6.23. The zero-order valence-corrected chi connectivity index (χ0v) is 9.93. The summed E-state index contributed by atoms with van der Waals surface area (Å²) in [4.78, 5) is 24.2. The Morgan fingerprint density at radius 1 is 1.10 bits per heavy atom. The fourth-order valence-corrected chi connectivity index (χ4v) is 2.12. The smallest absolute Gasteiger partial charge is 0.240 e.